The second-order valence-electron chi connectivity index (χ2n) is 7.08. The molecule has 0 bridgehead atoms. The van der Waals surface area contributed by atoms with E-state index in [1.807, 2.05) is 29.8 Å². The third-order valence-corrected chi connectivity index (χ3v) is 4.66. The van der Waals surface area contributed by atoms with Crippen LogP contribution in [-0.2, 0) is 6.54 Å². The zero-order valence-electron chi connectivity index (χ0n) is 15.4. The fraction of sp³-hybridized carbons (Fsp3) is 0.526. The first-order chi connectivity index (χ1) is 12.2. The number of nitrogens with zero attached hydrogens (tertiary/aromatic N) is 5. The van der Waals surface area contributed by atoms with Crippen molar-refractivity contribution in [3.05, 3.63) is 42.5 Å². The molecule has 1 aromatic carbocycles. The van der Waals surface area contributed by atoms with E-state index in [2.05, 4.69) is 51.4 Å². The summed E-state index contributed by atoms with van der Waals surface area (Å²) in [6.07, 6.45) is 4.29. The number of aliphatic imine (C=N–C) groups is 1. The molecular weight excluding hydrogens is 312 g/mol. The number of guanidine groups is 1. The summed E-state index contributed by atoms with van der Waals surface area (Å²) in [5, 5.41) is 11.8. The van der Waals surface area contributed by atoms with Crippen LogP contribution in [-0.4, -0.2) is 45.8 Å². The maximum absolute atomic E-state index is 4.46. The van der Waals surface area contributed by atoms with Gasteiger partial charge in [-0.05, 0) is 36.8 Å². The van der Waals surface area contributed by atoms with Crippen LogP contribution in [0.1, 0.15) is 32.5 Å². The number of hydrogen-bond acceptors (Lipinski definition) is 3. The summed E-state index contributed by atoms with van der Waals surface area (Å²) in [4.78, 5) is 6.82. The van der Waals surface area contributed by atoms with Crippen molar-refractivity contribution >= 4 is 5.96 Å². The molecule has 1 unspecified atom stereocenters. The van der Waals surface area contributed by atoms with E-state index < -0.39 is 0 Å². The summed E-state index contributed by atoms with van der Waals surface area (Å²) in [5.74, 6) is 3.36. The average Bonchev–Trinajstić information content (AvgIpc) is 3.25. The van der Waals surface area contributed by atoms with Gasteiger partial charge in [-0.15, -0.1) is 10.2 Å². The molecule has 0 saturated carbocycles. The number of benzene rings is 1. The standard InChI is InChI=1S/C19H28N6/c1-15(2)11-16-9-10-24(13-16)19(20-3)21-12-18-23-22-14-25(18)17-7-5-4-6-8-17/h4-8,14-16H,9-13H2,1-3H3,(H,20,21). The van der Waals surface area contributed by atoms with Crippen LogP contribution in [0.2, 0.25) is 0 Å². The molecule has 0 spiro atoms. The highest BCUT2D eigenvalue weighted by Gasteiger charge is 2.25. The Morgan fingerprint density at radius 3 is 2.84 bits per heavy atom. The van der Waals surface area contributed by atoms with Crippen molar-refractivity contribution in [1.82, 2.24) is 25.0 Å². The number of hydrogen-bond donors (Lipinski definition) is 1. The Morgan fingerprint density at radius 1 is 1.32 bits per heavy atom. The van der Waals surface area contributed by atoms with Crippen LogP contribution in [0.5, 0.6) is 0 Å². The number of aromatic nitrogens is 3. The maximum Gasteiger partial charge on any atom is 0.194 e. The molecular formula is C19H28N6. The van der Waals surface area contributed by atoms with Crippen LogP contribution in [0.3, 0.4) is 0 Å². The van der Waals surface area contributed by atoms with Gasteiger partial charge in [0.25, 0.3) is 0 Å². The first-order valence-electron chi connectivity index (χ1n) is 9.07. The van der Waals surface area contributed by atoms with Gasteiger partial charge in [0.2, 0.25) is 0 Å². The van der Waals surface area contributed by atoms with Gasteiger partial charge in [-0.25, -0.2) is 0 Å². The van der Waals surface area contributed by atoms with E-state index in [4.69, 9.17) is 0 Å². The largest absolute Gasteiger partial charge is 0.349 e. The normalized spacial score (nSPS) is 18.2. The third-order valence-electron chi connectivity index (χ3n) is 4.66. The molecule has 0 aliphatic carbocycles. The lowest BCUT2D eigenvalue weighted by atomic mass is 9.97. The molecule has 6 nitrogen and oxygen atoms in total. The summed E-state index contributed by atoms with van der Waals surface area (Å²) in [6.45, 7) is 7.36. The Bertz CT molecular complexity index is 691. The van der Waals surface area contributed by atoms with Gasteiger partial charge in [0.1, 0.15) is 6.33 Å². The highest BCUT2D eigenvalue weighted by atomic mass is 15.3. The molecule has 1 N–H and O–H groups in total. The predicted molar refractivity (Wildman–Crippen MR) is 101 cm³/mol. The molecule has 2 heterocycles. The molecule has 3 rings (SSSR count). The van der Waals surface area contributed by atoms with Crippen LogP contribution < -0.4 is 5.32 Å². The van der Waals surface area contributed by atoms with Crippen LogP contribution >= 0.6 is 0 Å². The van der Waals surface area contributed by atoms with Crippen LogP contribution in [0.4, 0.5) is 0 Å². The van der Waals surface area contributed by atoms with E-state index in [-0.39, 0.29) is 0 Å². The van der Waals surface area contributed by atoms with Gasteiger partial charge in [0.15, 0.2) is 11.8 Å². The first-order valence-corrected chi connectivity index (χ1v) is 9.07. The van der Waals surface area contributed by atoms with Gasteiger partial charge < -0.3 is 10.2 Å². The van der Waals surface area contributed by atoms with E-state index in [0.29, 0.717) is 6.54 Å². The summed E-state index contributed by atoms with van der Waals surface area (Å²) >= 11 is 0. The molecule has 0 radical (unpaired) electrons. The molecule has 134 valence electrons. The van der Waals surface area contributed by atoms with Gasteiger partial charge >= 0.3 is 0 Å². The zero-order valence-corrected chi connectivity index (χ0v) is 15.4. The van der Waals surface area contributed by atoms with E-state index in [0.717, 1.165) is 42.4 Å². The minimum Gasteiger partial charge on any atom is -0.349 e. The fourth-order valence-corrected chi connectivity index (χ4v) is 3.56. The molecule has 0 amide bonds. The summed E-state index contributed by atoms with van der Waals surface area (Å²) in [6, 6.07) is 10.2. The Hall–Kier alpha value is -2.37. The SMILES string of the molecule is CN=C(NCc1nncn1-c1ccccc1)N1CCC(CC(C)C)C1. The van der Waals surface area contributed by atoms with E-state index in [9.17, 15) is 0 Å². The second kappa shape index (κ2) is 8.14. The smallest absolute Gasteiger partial charge is 0.194 e. The lowest BCUT2D eigenvalue weighted by Gasteiger charge is -2.22. The van der Waals surface area contributed by atoms with Crippen LogP contribution in [0, 0.1) is 11.8 Å². The summed E-state index contributed by atoms with van der Waals surface area (Å²) in [7, 11) is 1.85. The topological polar surface area (TPSA) is 58.3 Å². The van der Waals surface area contributed by atoms with Crippen molar-refractivity contribution in [2.24, 2.45) is 16.8 Å². The molecule has 1 atom stereocenters. The van der Waals surface area contributed by atoms with Gasteiger partial charge in [0.05, 0.1) is 6.54 Å². The molecule has 25 heavy (non-hydrogen) atoms. The molecule has 2 aromatic rings. The average molecular weight is 340 g/mol. The van der Waals surface area contributed by atoms with Crippen molar-refractivity contribution < 1.29 is 0 Å². The lowest BCUT2D eigenvalue weighted by Crippen LogP contribution is -2.40. The third kappa shape index (κ3) is 4.38. The first kappa shape index (κ1) is 17.5. The molecule has 1 aliphatic heterocycles. The zero-order chi connectivity index (χ0) is 17.6. The van der Waals surface area contributed by atoms with Crippen LogP contribution in [0.15, 0.2) is 41.7 Å². The second-order valence-corrected chi connectivity index (χ2v) is 7.08. The van der Waals surface area contributed by atoms with Gasteiger partial charge in [-0.3, -0.25) is 9.56 Å². The summed E-state index contributed by atoms with van der Waals surface area (Å²) < 4.78 is 2.01. The van der Waals surface area contributed by atoms with E-state index in [1.54, 1.807) is 6.33 Å². The van der Waals surface area contributed by atoms with Crippen molar-refractivity contribution in [1.29, 1.82) is 0 Å². The van der Waals surface area contributed by atoms with E-state index in [1.165, 1.54) is 12.8 Å². The molecule has 1 fully saturated rings. The number of rotatable bonds is 5. The van der Waals surface area contributed by atoms with Crippen LogP contribution in [0.25, 0.3) is 5.69 Å². The minimum atomic E-state index is 0.604. The van der Waals surface area contributed by atoms with Crippen molar-refractivity contribution in [3.63, 3.8) is 0 Å². The molecule has 1 aliphatic rings. The Kier molecular flexibility index (Phi) is 5.68. The number of nitrogens with one attached hydrogen (secondary N) is 1. The Labute approximate surface area is 150 Å². The van der Waals surface area contributed by atoms with Gasteiger partial charge in [0, 0.05) is 25.8 Å². The molecule has 1 saturated heterocycles. The quantitative estimate of drug-likeness (QED) is 0.672. The van der Waals surface area contributed by atoms with Crippen molar-refractivity contribution in [3.8, 4) is 5.69 Å². The number of para-hydroxylation sites is 1. The molecule has 6 heteroatoms. The Balaban J connectivity index is 1.61. The monoisotopic (exact) mass is 340 g/mol. The molecule has 1 aromatic heterocycles. The lowest BCUT2D eigenvalue weighted by molar-refractivity contribution is 0.403. The van der Waals surface area contributed by atoms with Gasteiger partial charge in [-0.1, -0.05) is 32.0 Å². The maximum atomic E-state index is 4.46. The fourth-order valence-electron chi connectivity index (χ4n) is 3.56. The van der Waals surface area contributed by atoms with Crippen molar-refractivity contribution in [2.45, 2.75) is 33.2 Å². The van der Waals surface area contributed by atoms with Crippen molar-refractivity contribution in [2.75, 3.05) is 20.1 Å². The summed E-state index contributed by atoms with van der Waals surface area (Å²) in [5.41, 5.74) is 1.07. The predicted octanol–water partition coefficient (Wildman–Crippen LogP) is 2.71. The highest BCUT2D eigenvalue weighted by molar-refractivity contribution is 5.80. The minimum absolute atomic E-state index is 0.604. The highest BCUT2D eigenvalue weighted by Crippen LogP contribution is 2.23. The number of likely N-dealkylation sites (tertiary alicyclic amines) is 1. The van der Waals surface area contributed by atoms with E-state index >= 15 is 0 Å². The Morgan fingerprint density at radius 2 is 2.12 bits per heavy atom. The van der Waals surface area contributed by atoms with Gasteiger partial charge in [-0.2, -0.15) is 0 Å².